The minimum atomic E-state index is -0.675. The molecule has 16 heteroatoms. The van der Waals surface area contributed by atoms with E-state index < -0.39 is 11.6 Å². The van der Waals surface area contributed by atoms with Crippen molar-refractivity contribution in [3.63, 3.8) is 0 Å². The second kappa shape index (κ2) is 31.2. The molecule has 6 heterocycles. The number of benzene rings is 3. The van der Waals surface area contributed by atoms with Gasteiger partial charge < -0.3 is 24.8 Å². The molecule has 0 radical (unpaired) electrons. The van der Waals surface area contributed by atoms with Gasteiger partial charge >= 0.3 is 19.5 Å². The summed E-state index contributed by atoms with van der Waals surface area (Å²) in [7, 11) is 0. The van der Waals surface area contributed by atoms with E-state index in [-0.39, 0.29) is 25.0 Å². The number of aryl methyl sites for hydroxylation is 3. The summed E-state index contributed by atoms with van der Waals surface area (Å²) in [5.74, 6) is -0.712. The van der Waals surface area contributed by atoms with Crippen LogP contribution in [0.5, 0.6) is 11.5 Å². The molecule has 0 saturated carbocycles. The quantitative estimate of drug-likeness (QED) is 0.0161. The summed E-state index contributed by atoms with van der Waals surface area (Å²) in [6.45, 7) is 7.26. The van der Waals surface area contributed by atoms with Crippen LogP contribution in [-0.4, -0.2) is 38.0 Å². The van der Waals surface area contributed by atoms with Crippen molar-refractivity contribution in [2.24, 2.45) is 0 Å². The second-order valence-corrected chi connectivity index (χ2v) is 20.3. The molecule has 6 aromatic heterocycles. The van der Waals surface area contributed by atoms with Gasteiger partial charge in [0.15, 0.2) is 0 Å². The first-order valence-electron chi connectivity index (χ1n) is 25.3. The zero-order chi connectivity index (χ0) is 54.4. The van der Waals surface area contributed by atoms with Crippen molar-refractivity contribution >= 4 is 70.1 Å². The third-order valence-electron chi connectivity index (χ3n) is 12.2. The van der Waals surface area contributed by atoms with E-state index in [1.165, 1.54) is 88.5 Å². The number of thiophene rings is 2. The number of carbonyl (C=O) groups is 2. The first-order chi connectivity index (χ1) is 37.6. The number of aromatic nitrogens is 4. The molecule has 10 nitrogen and oxygen atoms in total. The standard InChI is InChI=1S/C35H39F2N2.C26H17N3O4S2.CNS.Ru/c1-3-5-7-9-11-27-13-18-30(19-14-27)39(31-20-15-28(16-21-31)12-10-8-6-4-2)32-23-24-38-35(26-32)33-22-17-29(36)25-34(33)37;1-16-2-3-25(34-16)26-5-4-24(35-26)17-6-8-27-20(10-17)22-12-19(33-15-31)13-23(29-22)21-11-18(32-14-30)7-9-28-21;2-1-3;/h13-21,23-26H,3-12H2,1-2H3;2-15H,1H3;;/q-1;;-1;+2. The van der Waals surface area contributed by atoms with Crippen molar-refractivity contribution in [1.82, 2.24) is 19.9 Å². The molecular formula is C62H56F2N6O4RuS3. The van der Waals surface area contributed by atoms with E-state index >= 15 is 0 Å². The Bertz CT molecular complexity index is 3330. The largest absolute Gasteiger partial charge is 2.00 e. The van der Waals surface area contributed by atoms with Crippen molar-refractivity contribution in [3.05, 3.63) is 191 Å². The Morgan fingerprint density at radius 1 is 0.603 bits per heavy atom. The number of nitrogens with zero attached hydrogens (tertiary/aromatic N) is 6. The third kappa shape index (κ3) is 17.1. The fourth-order valence-electron chi connectivity index (χ4n) is 8.41. The van der Waals surface area contributed by atoms with Crippen molar-refractivity contribution in [2.45, 2.75) is 85.0 Å². The number of isothiocyanates is 1. The van der Waals surface area contributed by atoms with Gasteiger partial charge in [0.25, 0.3) is 12.9 Å². The van der Waals surface area contributed by atoms with Gasteiger partial charge in [-0.1, -0.05) is 107 Å². The molecule has 9 aromatic rings. The zero-order valence-corrected chi connectivity index (χ0v) is 47.5. The maximum atomic E-state index is 14.6. The van der Waals surface area contributed by atoms with E-state index in [4.69, 9.17) is 14.9 Å². The number of hydrogen-bond acceptors (Lipinski definition) is 12. The van der Waals surface area contributed by atoms with Gasteiger partial charge in [-0.05, 0) is 128 Å². The molecular weight excluding hydrogens is 1130 g/mol. The van der Waals surface area contributed by atoms with Gasteiger partial charge in [-0.2, -0.15) is 5.16 Å². The monoisotopic (exact) mass is 1180 g/mol. The molecule has 0 aliphatic rings. The molecule has 0 N–H and O–H groups in total. The minimum absolute atomic E-state index is 0. The number of rotatable bonds is 22. The van der Waals surface area contributed by atoms with E-state index in [9.17, 15) is 18.4 Å². The average molecular weight is 1180 g/mol. The topological polar surface area (TPSA) is 130 Å². The van der Waals surface area contributed by atoms with E-state index in [0.717, 1.165) is 52.5 Å². The minimum Gasteiger partial charge on any atom is -0.753 e. The van der Waals surface area contributed by atoms with Crippen molar-refractivity contribution in [2.75, 3.05) is 4.90 Å². The van der Waals surface area contributed by atoms with Gasteiger partial charge in [0.05, 0.1) is 22.8 Å². The Balaban J connectivity index is 0.000000238. The van der Waals surface area contributed by atoms with Crippen molar-refractivity contribution in [3.8, 4) is 65.7 Å². The van der Waals surface area contributed by atoms with Gasteiger partial charge in [0.2, 0.25) is 0 Å². The van der Waals surface area contributed by atoms with E-state index in [2.05, 4.69) is 137 Å². The molecule has 0 atom stereocenters. The zero-order valence-electron chi connectivity index (χ0n) is 43.3. The third-order valence-corrected chi connectivity index (χ3v) is 14.5. The normalized spacial score (nSPS) is 10.4. The fourth-order valence-corrected chi connectivity index (χ4v) is 10.4. The molecule has 0 amide bonds. The number of pyridine rings is 4. The molecule has 9 rings (SSSR count). The van der Waals surface area contributed by atoms with E-state index in [1.807, 2.05) is 24.3 Å². The van der Waals surface area contributed by atoms with Crippen LogP contribution in [0.4, 0.5) is 25.8 Å². The van der Waals surface area contributed by atoms with Crippen LogP contribution in [0.3, 0.4) is 0 Å². The number of carbonyl (C=O) groups excluding carboxylic acids is 2. The number of halogens is 2. The maximum absolute atomic E-state index is 14.6. The predicted octanol–water partition coefficient (Wildman–Crippen LogP) is 17.2. The van der Waals surface area contributed by atoms with E-state index in [1.54, 1.807) is 59.3 Å². The van der Waals surface area contributed by atoms with Gasteiger partial charge in [-0.25, -0.2) is 4.98 Å². The summed E-state index contributed by atoms with van der Waals surface area (Å²) in [5.41, 5.74) is 9.13. The van der Waals surface area contributed by atoms with Crippen LogP contribution in [0, 0.1) is 24.6 Å². The first-order valence-corrected chi connectivity index (χ1v) is 27.3. The number of anilines is 3. The van der Waals surface area contributed by atoms with Crippen LogP contribution >= 0.6 is 34.9 Å². The first kappa shape index (κ1) is 59.9. The van der Waals surface area contributed by atoms with Crippen molar-refractivity contribution < 1.29 is 47.3 Å². The fraction of sp³-hybridized carbons (Fsp3) is 0.210. The predicted molar refractivity (Wildman–Crippen MR) is 310 cm³/mol. The summed E-state index contributed by atoms with van der Waals surface area (Å²) in [6.07, 6.45) is 17.0. The summed E-state index contributed by atoms with van der Waals surface area (Å²) in [5, 5.41) is 8.47. The van der Waals surface area contributed by atoms with Gasteiger partial charge in [-0.3, -0.25) is 28.3 Å². The second-order valence-electron chi connectivity index (χ2n) is 17.7. The number of unbranched alkanes of at least 4 members (excludes halogenated alkanes) is 6. The van der Waals surface area contributed by atoms with Crippen LogP contribution in [0.25, 0.3) is 59.6 Å². The Labute approximate surface area is 480 Å². The molecule has 0 bridgehead atoms. The molecule has 0 spiro atoms. The van der Waals surface area contributed by atoms with Crippen LogP contribution in [0.15, 0.2) is 152 Å². The van der Waals surface area contributed by atoms with Gasteiger partial charge in [-0.15, -0.1) is 34.8 Å². The summed E-state index contributed by atoms with van der Waals surface area (Å²) >= 11 is 7.18. The van der Waals surface area contributed by atoms with Crippen molar-refractivity contribution in [1.29, 1.82) is 0 Å². The smallest absolute Gasteiger partial charge is 0.753 e. The number of ether oxygens (including phenoxy) is 2. The molecule has 0 saturated heterocycles. The molecule has 3 aromatic carbocycles. The Morgan fingerprint density at radius 3 is 1.71 bits per heavy atom. The van der Waals surface area contributed by atoms with Crippen LogP contribution in [-0.2, 0) is 41.9 Å². The summed E-state index contributed by atoms with van der Waals surface area (Å²) < 4.78 is 38.1. The summed E-state index contributed by atoms with van der Waals surface area (Å²) in [4.78, 5) is 46.6. The van der Waals surface area contributed by atoms with Crippen LogP contribution < -0.4 is 14.4 Å². The molecule has 398 valence electrons. The number of thiocarbonyl (C=S) groups is 1. The van der Waals surface area contributed by atoms with Crippen LogP contribution in [0.1, 0.15) is 81.2 Å². The van der Waals surface area contributed by atoms with E-state index in [0.29, 0.717) is 52.9 Å². The SMILES string of the molecule is CCCCCCc1ccc(N(c2ccc(CCCCCC)cc2)c2ccnc(-c3[c-]cc(F)cc3F)c2)cc1.Cc1ccc(-c2ccc(-c3ccnc(-c4cc(OC=O)cc(-c5cc(OC=O)ccn5)n4)c3)s2)s1.[N-]=C=S.[Ru+2]. The number of hydrogen-bond donors (Lipinski definition) is 0. The average Bonchev–Trinajstić information content (AvgIpc) is 4.13. The molecule has 0 aliphatic carbocycles. The Hall–Kier alpha value is -7.32. The Morgan fingerprint density at radius 2 is 1.13 bits per heavy atom. The Kier molecular flexibility index (Phi) is 24.0. The molecule has 0 aliphatic heterocycles. The molecule has 78 heavy (non-hydrogen) atoms. The van der Waals surface area contributed by atoms with Crippen LogP contribution in [0.2, 0.25) is 0 Å². The molecule has 0 unspecified atom stereocenters. The summed E-state index contributed by atoms with van der Waals surface area (Å²) in [6, 6.07) is 44.6. The maximum Gasteiger partial charge on any atom is 2.00 e. The van der Waals surface area contributed by atoms with Gasteiger partial charge in [0, 0.05) is 85.0 Å². The molecule has 0 fully saturated rings. The van der Waals surface area contributed by atoms with Gasteiger partial charge in [0.1, 0.15) is 11.5 Å².